The average molecular weight is 262 g/mol. The number of hydrogen-bond donors (Lipinski definition) is 2. The minimum absolute atomic E-state index is 0.0999. The summed E-state index contributed by atoms with van der Waals surface area (Å²) in [6.45, 7) is 0. The van der Waals surface area contributed by atoms with E-state index >= 15 is 0 Å². The molecule has 2 aromatic rings. The van der Waals surface area contributed by atoms with Crippen LogP contribution < -0.4 is 11.5 Å². The summed E-state index contributed by atoms with van der Waals surface area (Å²) in [5, 5.41) is 7.19. The monoisotopic (exact) mass is 262 g/mol. The van der Waals surface area contributed by atoms with Crippen molar-refractivity contribution >= 4 is 23.5 Å². The lowest BCUT2D eigenvalue weighted by atomic mass is 10.2. The number of hydrogen-bond acceptors (Lipinski definition) is 3. The first-order chi connectivity index (χ1) is 8.66. The van der Waals surface area contributed by atoms with Crippen LogP contribution in [0.15, 0.2) is 46.6 Å². The molecule has 18 heavy (non-hydrogen) atoms. The van der Waals surface area contributed by atoms with Crippen LogP contribution in [-0.4, -0.2) is 12.2 Å². The summed E-state index contributed by atoms with van der Waals surface area (Å²) in [5.74, 6) is -0.343. The quantitative estimate of drug-likeness (QED) is 0.505. The van der Waals surface area contributed by atoms with Crippen molar-refractivity contribution < 1.29 is 4.39 Å². The van der Waals surface area contributed by atoms with Gasteiger partial charge in [-0.15, -0.1) is 16.4 Å². The molecule has 92 valence electrons. The van der Waals surface area contributed by atoms with Gasteiger partial charge in [-0.25, -0.2) is 4.39 Å². The third-order valence-corrected chi connectivity index (χ3v) is 3.18. The molecule has 0 radical (unpaired) electrons. The predicted molar refractivity (Wildman–Crippen MR) is 73.1 cm³/mol. The maximum Gasteiger partial charge on any atom is 0.211 e. The standard InChI is InChI=1S/C12H11FN4S/c13-10-4-2-1-3-9(10)11-6-5-8(18-11)7-16-17-12(14)15/h1-7H,(H4,14,15,17)/b16-7+. The predicted octanol–water partition coefficient (Wildman–Crippen LogP) is 2.16. The van der Waals surface area contributed by atoms with Gasteiger partial charge in [-0.3, -0.25) is 0 Å². The highest BCUT2D eigenvalue weighted by molar-refractivity contribution is 7.17. The molecule has 0 aliphatic heterocycles. The van der Waals surface area contributed by atoms with Gasteiger partial charge in [-0.05, 0) is 18.2 Å². The largest absolute Gasteiger partial charge is 0.369 e. The molecule has 1 aromatic heterocycles. The van der Waals surface area contributed by atoms with E-state index in [0.717, 1.165) is 9.75 Å². The summed E-state index contributed by atoms with van der Waals surface area (Å²) in [5.41, 5.74) is 10.9. The Morgan fingerprint density at radius 1 is 1.17 bits per heavy atom. The lowest BCUT2D eigenvalue weighted by Gasteiger charge is -1.97. The molecule has 0 saturated carbocycles. The van der Waals surface area contributed by atoms with Gasteiger partial charge in [-0.2, -0.15) is 5.10 Å². The van der Waals surface area contributed by atoms with Crippen LogP contribution in [0.4, 0.5) is 4.39 Å². The Labute approximate surface area is 107 Å². The van der Waals surface area contributed by atoms with Crippen molar-refractivity contribution in [2.45, 2.75) is 0 Å². The fourth-order valence-corrected chi connectivity index (χ4v) is 2.28. The first kappa shape index (κ1) is 12.3. The fourth-order valence-electron chi connectivity index (χ4n) is 1.38. The second-order valence-corrected chi connectivity index (χ2v) is 4.57. The Morgan fingerprint density at radius 3 is 2.67 bits per heavy atom. The highest BCUT2D eigenvalue weighted by Gasteiger charge is 2.06. The van der Waals surface area contributed by atoms with Crippen LogP contribution in [0.25, 0.3) is 10.4 Å². The average Bonchev–Trinajstić information content (AvgIpc) is 2.78. The molecule has 2 rings (SSSR count). The van der Waals surface area contributed by atoms with Gasteiger partial charge in [0, 0.05) is 15.3 Å². The van der Waals surface area contributed by atoms with E-state index < -0.39 is 0 Å². The van der Waals surface area contributed by atoms with Crippen LogP contribution in [-0.2, 0) is 0 Å². The van der Waals surface area contributed by atoms with Crippen LogP contribution in [0.5, 0.6) is 0 Å². The van der Waals surface area contributed by atoms with Crippen molar-refractivity contribution in [1.82, 2.24) is 0 Å². The van der Waals surface area contributed by atoms with Gasteiger partial charge in [0.05, 0.1) is 6.21 Å². The fraction of sp³-hybridized carbons (Fsp3) is 0. The van der Waals surface area contributed by atoms with Crippen LogP contribution in [0.2, 0.25) is 0 Å². The molecular formula is C12H11FN4S. The Hall–Kier alpha value is -2.21. The minimum Gasteiger partial charge on any atom is -0.369 e. The normalized spacial score (nSPS) is 10.7. The number of thiophene rings is 1. The zero-order valence-electron chi connectivity index (χ0n) is 9.38. The molecule has 1 heterocycles. The van der Waals surface area contributed by atoms with Crippen molar-refractivity contribution in [2.24, 2.45) is 21.7 Å². The van der Waals surface area contributed by atoms with Gasteiger partial charge in [0.1, 0.15) is 5.82 Å². The first-order valence-electron chi connectivity index (χ1n) is 5.13. The topological polar surface area (TPSA) is 76.8 Å². The molecule has 0 unspecified atom stereocenters. The number of nitrogens with two attached hydrogens (primary N) is 2. The van der Waals surface area contributed by atoms with Crippen molar-refractivity contribution in [2.75, 3.05) is 0 Å². The van der Waals surface area contributed by atoms with E-state index in [1.807, 2.05) is 12.1 Å². The van der Waals surface area contributed by atoms with E-state index in [9.17, 15) is 4.39 Å². The smallest absolute Gasteiger partial charge is 0.211 e. The zero-order chi connectivity index (χ0) is 13.0. The summed E-state index contributed by atoms with van der Waals surface area (Å²) in [7, 11) is 0. The lowest BCUT2D eigenvalue weighted by molar-refractivity contribution is 0.631. The van der Waals surface area contributed by atoms with E-state index in [2.05, 4.69) is 10.2 Å². The molecule has 0 atom stereocenters. The van der Waals surface area contributed by atoms with Gasteiger partial charge in [-0.1, -0.05) is 18.2 Å². The molecule has 0 aliphatic rings. The molecule has 0 spiro atoms. The molecule has 4 nitrogen and oxygen atoms in total. The van der Waals surface area contributed by atoms with Crippen LogP contribution in [0.1, 0.15) is 4.88 Å². The van der Waals surface area contributed by atoms with Crippen LogP contribution >= 0.6 is 11.3 Å². The molecule has 0 amide bonds. The third-order valence-electron chi connectivity index (χ3n) is 2.12. The van der Waals surface area contributed by atoms with Crippen LogP contribution in [0.3, 0.4) is 0 Å². The molecule has 0 bridgehead atoms. The molecule has 6 heteroatoms. The molecule has 0 fully saturated rings. The molecule has 0 saturated heterocycles. The summed E-state index contributed by atoms with van der Waals surface area (Å²) < 4.78 is 13.6. The number of halogens is 1. The SMILES string of the molecule is NC(N)=N/N=C/c1ccc(-c2ccccc2F)s1. The van der Waals surface area contributed by atoms with Crippen molar-refractivity contribution in [3.05, 3.63) is 47.1 Å². The van der Waals surface area contributed by atoms with Gasteiger partial charge in [0.15, 0.2) is 0 Å². The Morgan fingerprint density at radius 2 is 1.94 bits per heavy atom. The Balaban J connectivity index is 2.24. The summed E-state index contributed by atoms with van der Waals surface area (Å²) in [4.78, 5) is 1.68. The maximum atomic E-state index is 13.6. The Kier molecular flexibility index (Phi) is 3.69. The van der Waals surface area contributed by atoms with Crippen molar-refractivity contribution in [3.63, 3.8) is 0 Å². The van der Waals surface area contributed by atoms with Gasteiger partial charge >= 0.3 is 0 Å². The van der Waals surface area contributed by atoms with Gasteiger partial charge in [0.2, 0.25) is 5.96 Å². The molecular weight excluding hydrogens is 251 g/mol. The van der Waals surface area contributed by atoms with E-state index in [1.54, 1.807) is 18.2 Å². The lowest BCUT2D eigenvalue weighted by Crippen LogP contribution is -2.21. The van der Waals surface area contributed by atoms with E-state index in [1.165, 1.54) is 23.6 Å². The van der Waals surface area contributed by atoms with Crippen molar-refractivity contribution in [3.8, 4) is 10.4 Å². The number of guanidine groups is 1. The van der Waals surface area contributed by atoms with Crippen molar-refractivity contribution in [1.29, 1.82) is 0 Å². The second-order valence-electron chi connectivity index (χ2n) is 3.45. The Bertz CT molecular complexity index is 600. The summed E-state index contributed by atoms with van der Waals surface area (Å²) in [6.07, 6.45) is 1.52. The maximum absolute atomic E-state index is 13.6. The number of benzene rings is 1. The number of rotatable bonds is 3. The minimum atomic E-state index is -0.243. The van der Waals surface area contributed by atoms with Crippen LogP contribution in [0, 0.1) is 5.82 Å². The van der Waals surface area contributed by atoms with E-state index in [-0.39, 0.29) is 11.8 Å². The first-order valence-corrected chi connectivity index (χ1v) is 5.95. The highest BCUT2D eigenvalue weighted by Crippen LogP contribution is 2.29. The molecule has 0 aliphatic carbocycles. The molecule has 4 N–H and O–H groups in total. The van der Waals surface area contributed by atoms with Gasteiger partial charge in [0.25, 0.3) is 0 Å². The molecule has 1 aromatic carbocycles. The zero-order valence-corrected chi connectivity index (χ0v) is 10.2. The van der Waals surface area contributed by atoms with E-state index in [0.29, 0.717) is 5.56 Å². The summed E-state index contributed by atoms with van der Waals surface area (Å²) in [6, 6.07) is 10.3. The van der Waals surface area contributed by atoms with E-state index in [4.69, 9.17) is 11.5 Å². The summed E-state index contributed by atoms with van der Waals surface area (Å²) >= 11 is 1.41. The van der Waals surface area contributed by atoms with Gasteiger partial charge < -0.3 is 11.5 Å². The second kappa shape index (κ2) is 5.42. The third kappa shape index (κ3) is 2.92. The highest BCUT2D eigenvalue weighted by atomic mass is 32.1. The number of nitrogens with zero attached hydrogens (tertiary/aromatic N) is 2.